The lowest BCUT2D eigenvalue weighted by molar-refractivity contribution is 0.211. The summed E-state index contributed by atoms with van der Waals surface area (Å²) >= 11 is 0. The van der Waals surface area contributed by atoms with Gasteiger partial charge >= 0.3 is 9.28 Å². The molecule has 0 fully saturated rings. The highest BCUT2D eigenvalue weighted by molar-refractivity contribution is 6.42. The Morgan fingerprint density at radius 1 is 1.09 bits per heavy atom. The van der Waals surface area contributed by atoms with Gasteiger partial charge in [-0.3, -0.25) is 0 Å². The molecule has 0 amide bonds. The second kappa shape index (κ2) is 10.1. The van der Waals surface area contributed by atoms with E-state index in [1.807, 2.05) is 6.55 Å². The van der Waals surface area contributed by atoms with Crippen LogP contribution in [0, 0.1) is 0 Å². The fourth-order valence-electron chi connectivity index (χ4n) is 0.516. The first-order valence-corrected chi connectivity index (χ1v) is 5.54. The lowest BCUT2D eigenvalue weighted by atomic mass is 10.8. The Kier molecular flexibility index (Phi) is 12.5. The largest absolute Gasteiger partial charge is 0.395 e. The molecule has 0 aliphatic rings. The van der Waals surface area contributed by atoms with Crippen molar-refractivity contribution in [2.45, 2.75) is 14.0 Å². The van der Waals surface area contributed by atoms with Gasteiger partial charge in [0.15, 0.2) is 0 Å². The van der Waals surface area contributed by atoms with Crippen LogP contribution in [0.5, 0.6) is 0 Å². The topological polar surface area (TPSA) is 70.5 Å². The normalized spacial score (nSPS) is 9.82. The molecule has 0 aromatic heterocycles. The maximum Gasteiger partial charge on any atom is 0.318 e. The Balaban J connectivity index is 0. The van der Waals surface area contributed by atoms with Crippen LogP contribution < -0.4 is 11.5 Å². The van der Waals surface area contributed by atoms with Gasteiger partial charge in [0.25, 0.3) is 0 Å². The van der Waals surface area contributed by atoms with Crippen molar-refractivity contribution < 1.29 is 8.85 Å². The van der Waals surface area contributed by atoms with E-state index in [9.17, 15) is 0 Å². The van der Waals surface area contributed by atoms with E-state index in [-0.39, 0.29) is 7.43 Å². The lowest BCUT2D eigenvalue weighted by Crippen LogP contribution is -2.25. The van der Waals surface area contributed by atoms with Gasteiger partial charge in [-0.1, -0.05) is 7.43 Å². The molecule has 0 aliphatic heterocycles. The monoisotopic (exact) mass is 180 g/mol. The predicted molar refractivity (Wildman–Crippen MR) is 49.8 cm³/mol. The minimum absolute atomic E-state index is 0. The van der Waals surface area contributed by atoms with E-state index >= 15 is 0 Å². The molecule has 0 aromatic carbocycles. The zero-order valence-corrected chi connectivity index (χ0v) is 7.53. The fourth-order valence-corrected chi connectivity index (χ4v) is 1.55. The van der Waals surface area contributed by atoms with Crippen molar-refractivity contribution in [3.8, 4) is 0 Å². The third-order valence-electron chi connectivity index (χ3n) is 0.941. The summed E-state index contributed by atoms with van der Waals surface area (Å²) in [4.78, 5) is 0. The molecule has 5 heteroatoms. The van der Waals surface area contributed by atoms with E-state index in [0.29, 0.717) is 26.3 Å². The molecule has 0 radical (unpaired) electrons. The van der Waals surface area contributed by atoms with E-state index in [4.69, 9.17) is 20.3 Å². The molecule has 0 aromatic rings. The molecular formula is C6H20N2O2Si. The van der Waals surface area contributed by atoms with Crippen LogP contribution >= 0.6 is 0 Å². The summed E-state index contributed by atoms with van der Waals surface area (Å²) in [6.07, 6.45) is 0. The van der Waals surface area contributed by atoms with Crippen molar-refractivity contribution in [3.05, 3.63) is 0 Å². The Hall–Kier alpha value is 0.0569. The predicted octanol–water partition coefficient (Wildman–Crippen LogP) is -0.577. The van der Waals surface area contributed by atoms with Crippen LogP contribution in [0.3, 0.4) is 0 Å². The summed E-state index contributed by atoms with van der Waals surface area (Å²) < 4.78 is 10.5. The first-order valence-electron chi connectivity index (χ1n) is 3.44. The van der Waals surface area contributed by atoms with Crippen LogP contribution in [0.2, 0.25) is 6.55 Å². The second-order valence-electron chi connectivity index (χ2n) is 1.89. The smallest absolute Gasteiger partial charge is 0.318 e. The molecule has 0 rings (SSSR count). The molecule has 0 saturated heterocycles. The highest BCUT2D eigenvalue weighted by Gasteiger charge is 2.02. The summed E-state index contributed by atoms with van der Waals surface area (Å²) in [6.45, 7) is 4.27. The van der Waals surface area contributed by atoms with E-state index in [0.717, 1.165) is 0 Å². The van der Waals surface area contributed by atoms with Gasteiger partial charge in [0.2, 0.25) is 0 Å². The van der Waals surface area contributed by atoms with Gasteiger partial charge in [-0.05, 0) is 6.55 Å². The van der Waals surface area contributed by atoms with Gasteiger partial charge in [0.1, 0.15) is 0 Å². The lowest BCUT2D eigenvalue weighted by Gasteiger charge is -2.10. The molecule has 0 spiro atoms. The zero-order valence-electron chi connectivity index (χ0n) is 6.38. The van der Waals surface area contributed by atoms with Crippen LogP contribution in [-0.4, -0.2) is 35.6 Å². The van der Waals surface area contributed by atoms with Crippen molar-refractivity contribution in [3.63, 3.8) is 0 Å². The van der Waals surface area contributed by atoms with Gasteiger partial charge in [0, 0.05) is 26.3 Å². The Labute approximate surface area is 70.7 Å². The van der Waals surface area contributed by atoms with E-state index in [1.165, 1.54) is 0 Å². The molecule has 11 heavy (non-hydrogen) atoms. The quantitative estimate of drug-likeness (QED) is 0.537. The van der Waals surface area contributed by atoms with Crippen LogP contribution in [0.1, 0.15) is 7.43 Å². The Bertz CT molecular complexity index is 67.6. The molecule has 0 bridgehead atoms. The number of rotatable bonds is 6. The molecule has 0 unspecified atom stereocenters. The third kappa shape index (κ3) is 10.1. The van der Waals surface area contributed by atoms with Crippen LogP contribution in [0.4, 0.5) is 0 Å². The van der Waals surface area contributed by atoms with E-state index in [2.05, 4.69) is 0 Å². The highest BCUT2D eigenvalue weighted by Crippen LogP contribution is 1.85. The highest BCUT2D eigenvalue weighted by atomic mass is 28.3. The van der Waals surface area contributed by atoms with Crippen molar-refractivity contribution in [2.24, 2.45) is 11.5 Å². The Morgan fingerprint density at radius 2 is 1.45 bits per heavy atom. The molecule has 0 atom stereocenters. The average Bonchev–Trinajstić information content (AvgIpc) is 1.97. The van der Waals surface area contributed by atoms with Crippen molar-refractivity contribution in [1.29, 1.82) is 0 Å². The van der Waals surface area contributed by atoms with Gasteiger partial charge in [0.05, 0.1) is 0 Å². The molecule has 4 nitrogen and oxygen atoms in total. The van der Waals surface area contributed by atoms with Gasteiger partial charge in [-0.15, -0.1) is 0 Å². The number of hydrogen-bond acceptors (Lipinski definition) is 4. The first kappa shape index (κ1) is 13.6. The number of nitrogens with two attached hydrogens (primary N) is 2. The molecule has 0 aliphatic carbocycles. The standard InChI is InChI=1S/C5H16N2O2Si.CH4/c1-10(8-4-2-6)9-5-3-7;/h10H,2-7H2,1H3;1H4. The summed E-state index contributed by atoms with van der Waals surface area (Å²) in [7, 11) is -1.40. The average molecular weight is 180 g/mol. The summed E-state index contributed by atoms with van der Waals surface area (Å²) in [5, 5.41) is 0. The van der Waals surface area contributed by atoms with Crippen LogP contribution in [-0.2, 0) is 8.85 Å². The van der Waals surface area contributed by atoms with E-state index < -0.39 is 9.28 Å². The van der Waals surface area contributed by atoms with E-state index in [1.54, 1.807) is 0 Å². The SMILES string of the molecule is C.C[SiH](OCCN)OCCN. The first-order chi connectivity index (χ1) is 4.81. The van der Waals surface area contributed by atoms with Gasteiger partial charge < -0.3 is 20.3 Å². The van der Waals surface area contributed by atoms with Crippen molar-refractivity contribution in [1.82, 2.24) is 0 Å². The minimum Gasteiger partial charge on any atom is -0.395 e. The summed E-state index contributed by atoms with van der Waals surface area (Å²) in [5.74, 6) is 0. The summed E-state index contributed by atoms with van der Waals surface area (Å²) in [5.41, 5.74) is 10.4. The second-order valence-corrected chi connectivity index (χ2v) is 3.69. The molecule has 4 N–H and O–H groups in total. The third-order valence-corrected chi connectivity index (χ3v) is 2.35. The maximum atomic E-state index is 5.23. The minimum atomic E-state index is -1.40. The number of hydrogen-bond donors (Lipinski definition) is 2. The van der Waals surface area contributed by atoms with Crippen LogP contribution in [0.25, 0.3) is 0 Å². The molecular weight excluding hydrogens is 160 g/mol. The molecule has 0 heterocycles. The van der Waals surface area contributed by atoms with Gasteiger partial charge in [-0.25, -0.2) is 0 Å². The molecule has 70 valence electrons. The zero-order chi connectivity index (χ0) is 7.82. The Morgan fingerprint density at radius 3 is 1.73 bits per heavy atom. The van der Waals surface area contributed by atoms with Crippen molar-refractivity contribution >= 4 is 9.28 Å². The van der Waals surface area contributed by atoms with Crippen molar-refractivity contribution in [2.75, 3.05) is 26.3 Å². The summed E-state index contributed by atoms with van der Waals surface area (Å²) in [6, 6.07) is 0. The van der Waals surface area contributed by atoms with Crippen LogP contribution in [0.15, 0.2) is 0 Å². The molecule has 0 saturated carbocycles. The maximum absolute atomic E-state index is 5.23. The van der Waals surface area contributed by atoms with Gasteiger partial charge in [-0.2, -0.15) is 0 Å². The fraction of sp³-hybridized carbons (Fsp3) is 1.00.